The van der Waals surface area contributed by atoms with Crippen LogP contribution in [-0.4, -0.2) is 24.1 Å². The molecule has 0 radical (unpaired) electrons. The van der Waals surface area contributed by atoms with E-state index in [-0.39, 0.29) is 5.91 Å². The number of anilines is 1. The van der Waals surface area contributed by atoms with Gasteiger partial charge in [0.05, 0.1) is 18.7 Å². The Bertz CT molecular complexity index is 653. The average Bonchev–Trinajstić information content (AvgIpc) is 2.46. The summed E-state index contributed by atoms with van der Waals surface area (Å²) < 4.78 is 4.85. The maximum absolute atomic E-state index is 12.0. The maximum atomic E-state index is 12.0. The SMILES string of the molecule is COC(=O)C1=C(C)NC(=S)NC1c1ccc(NC(C)=O)cc1. The highest BCUT2D eigenvalue weighted by Crippen LogP contribution is 2.28. The molecule has 7 heteroatoms. The van der Waals surface area contributed by atoms with Crippen LogP contribution in [0.25, 0.3) is 0 Å². The minimum absolute atomic E-state index is 0.139. The molecule has 6 nitrogen and oxygen atoms in total. The Morgan fingerprint density at radius 3 is 2.45 bits per heavy atom. The number of nitrogens with one attached hydrogen (secondary N) is 3. The fraction of sp³-hybridized carbons (Fsp3) is 0.267. The van der Waals surface area contributed by atoms with Crippen LogP contribution >= 0.6 is 12.2 Å². The predicted octanol–water partition coefficient (Wildman–Crippen LogP) is 1.61. The lowest BCUT2D eigenvalue weighted by Gasteiger charge is -2.29. The lowest BCUT2D eigenvalue weighted by atomic mass is 9.95. The molecule has 1 heterocycles. The molecule has 1 aliphatic rings. The van der Waals surface area contributed by atoms with E-state index in [1.54, 1.807) is 19.1 Å². The highest BCUT2D eigenvalue weighted by Gasteiger charge is 2.30. The van der Waals surface area contributed by atoms with Crippen LogP contribution in [0.4, 0.5) is 5.69 Å². The van der Waals surface area contributed by atoms with Gasteiger partial charge in [-0.3, -0.25) is 4.79 Å². The van der Waals surface area contributed by atoms with E-state index < -0.39 is 12.0 Å². The minimum Gasteiger partial charge on any atom is -0.466 e. The van der Waals surface area contributed by atoms with Crippen LogP contribution < -0.4 is 16.0 Å². The smallest absolute Gasteiger partial charge is 0.337 e. The van der Waals surface area contributed by atoms with Crippen molar-refractivity contribution in [2.45, 2.75) is 19.9 Å². The molecule has 1 amide bonds. The number of hydrogen-bond donors (Lipinski definition) is 3. The summed E-state index contributed by atoms with van der Waals surface area (Å²) in [5.41, 5.74) is 2.67. The Labute approximate surface area is 133 Å². The zero-order valence-electron chi connectivity index (χ0n) is 12.5. The summed E-state index contributed by atoms with van der Waals surface area (Å²) in [6.07, 6.45) is 0. The van der Waals surface area contributed by atoms with Gasteiger partial charge in [0.1, 0.15) is 0 Å². The standard InChI is InChI=1S/C15H17N3O3S/c1-8-12(14(20)21-3)13(18-15(22)16-8)10-4-6-11(7-5-10)17-9(2)19/h4-7,13H,1-3H3,(H,17,19)(H2,16,18,22). The Morgan fingerprint density at radius 1 is 1.27 bits per heavy atom. The molecule has 0 saturated carbocycles. The lowest BCUT2D eigenvalue weighted by molar-refractivity contribution is -0.136. The van der Waals surface area contributed by atoms with Crippen molar-refractivity contribution >= 4 is 34.9 Å². The van der Waals surface area contributed by atoms with Crippen molar-refractivity contribution in [3.05, 3.63) is 41.1 Å². The largest absolute Gasteiger partial charge is 0.466 e. The molecular weight excluding hydrogens is 302 g/mol. The van der Waals surface area contributed by atoms with Gasteiger partial charge >= 0.3 is 5.97 Å². The van der Waals surface area contributed by atoms with E-state index in [9.17, 15) is 9.59 Å². The van der Waals surface area contributed by atoms with Gasteiger partial charge in [-0.25, -0.2) is 4.79 Å². The van der Waals surface area contributed by atoms with Crippen LogP contribution in [0.15, 0.2) is 35.5 Å². The molecule has 0 fully saturated rings. The summed E-state index contributed by atoms with van der Waals surface area (Å²) in [5.74, 6) is -0.559. The number of carbonyl (C=O) groups excluding carboxylic acids is 2. The highest BCUT2D eigenvalue weighted by atomic mass is 32.1. The second-order valence-corrected chi connectivity index (χ2v) is 5.27. The van der Waals surface area contributed by atoms with Crippen molar-refractivity contribution < 1.29 is 14.3 Å². The molecule has 116 valence electrons. The first-order valence-electron chi connectivity index (χ1n) is 6.66. The summed E-state index contributed by atoms with van der Waals surface area (Å²) in [5, 5.41) is 9.13. The molecule has 3 N–H and O–H groups in total. The Morgan fingerprint density at radius 2 is 1.91 bits per heavy atom. The number of benzene rings is 1. The number of esters is 1. The van der Waals surface area contributed by atoms with Gasteiger partial charge in [0.2, 0.25) is 5.91 Å². The van der Waals surface area contributed by atoms with E-state index in [0.717, 1.165) is 5.56 Å². The van der Waals surface area contributed by atoms with Gasteiger partial charge in [-0.2, -0.15) is 0 Å². The summed E-state index contributed by atoms with van der Waals surface area (Å²) in [4.78, 5) is 23.1. The molecule has 22 heavy (non-hydrogen) atoms. The van der Waals surface area contributed by atoms with E-state index in [2.05, 4.69) is 16.0 Å². The van der Waals surface area contributed by atoms with E-state index in [1.165, 1.54) is 14.0 Å². The topological polar surface area (TPSA) is 79.5 Å². The lowest BCUT2D eigenvalue weighted by Crippen LogP contribution is -2.45. The Kier molecular flexibility index (Phi) is 4.77. The molecule has 1 aromatic rings. The van der Waals surface area contributed by atoms with Gasteiger partial charge in [0.25, 0.3) is 0 Å². The molecule has 1 aromatic carbocycles. The van der Waals surface area contributed by atoms with Gasteiger partial charge in [0, 0.05) is 18.3 Å². The van der Waals surface area contributed by atoms with Gasteiger partial charge in [0.15, 0.2) is 5.11 Å². The number of rotatable bonds is 3. The van der Waals surface area contributed by atoms with Crippen molar-refractivity contribution in [3.63, 3.8) is 0 Å². The summed E-state index contributed by atoms with van der Waals surface area (Å²) in [6, 6.07) is 6.80. The molecule has 2 rings (SSSR count). The number of ether oxygens (including phenoxy) is 1. The number of allylic oxidation sites excluding steroid dienone is 1. The van der Waals surface area contributed by atoms with Crippen molar-refractivity contribution in [1.82, 2.24) is 10.6 Å². The molecule has 1 aliphatic heterocycles. The number of hydrogen-bond acceptors (Lipinski definition) is 4. The zero-order chi connectivity index (χ0) is 16.3. The van der Waals surface area contributed by atoms with Gasteiger partial charge in [-0.1, -0.05) is 12.1 Å². The molecule has 0 spiro atoms. The molecule has 1 unspecified atom stereocenters. The van der Waals surface area contributed by atoms with Crippen LogP contribution in [0.1, 0.15) is 25.5 Å². The summed E-state index contributed by atoms with van der Waals surface area (Å²) in [6.45, 7) is 3.22. The predicted molar refractivity (Wildman–Crippen MR) is 87.1 cm³/mol. The zero-order valence-corrected chi connectivity index (χ0v) is 13.3. The summed E-state index contributed by atoms with van der Waals surface area (Å²) >= 11 is 5.15. The molecule has 0 aliphatic carbocycles. The highest BCUT2D eigenvalue weighted by molar-refractivity contribution is 7.80. The van der Waals surface area contributed by atoms with E-state index in [4.69, 9.17) is 17.0 Å². The third kappa shape index (κ3) is 3.43. The van der Waals surface area contributed by atoms with Crippen LogP contribution in [-0.2, 0) is 14.3 Å². The first-order valence-corrected chi connectivity index (χ1v) is 7.07. The normalized spacial score (nSPS) is 17.4. The van der Waals surface area contributed by atoms with E-state index >= 15 is 0 Å². The third-order valence-electron chi connectivity index (χ3n) is 3.24. The van der Waals surface area contributed by atoms with Crippen LogP contribution in [0, 0.1) is 0 Å². The summed E-state index contributed by atoms with van der Waals surface area (Å²) in [7, 11) is 1.34. The van der Waals surface area contributed by atoms with E-state index in [1.807, 2.05) is 12.1 Å². The van der Waals surface area contributed by atoms with Gasteiger partial charge in [-0.05, 0) is 36.8 Å². The van der Waals surface area contributed by atoms with Crippen molar-refractivity contribution in [2.75, 3.05) is 12.4 Å². The molecule has 0 bridgehead atoms. The van der Waals surface area contributed by atoms with Crippen molar-refractivity contribution in [3.8, 4) is 0 Å². The third-order valence-corrected chi connectivity index (χ3v) is 3.46. The fourth-order valence-electron chi connectivity index (χ4n) is 2.29. The first-order chi connectivity index (χ1) is 10.4. The number of methoxy groups -OCH3 is 1. The molecule has 0 saturated heterocycles. The Hall–Kier alpha value is -2.41. The number of thiocarbonyl (C=S) groups is 1. The van der Waals surface area contributed by atoms with Crippen LogP contribution in [0.5, 0.6) is 0 Å². The number of amides is 1. The second-order valence-electron chi connectivity index (χ2n) is 4.86. The molecular formula is C15H17N3O3S. The van der Waals surface area contributed by atoms with E-state index in [0.29, 0.717) is 22.1 Å². The Balaban J connectivity index is 2.35. The number of carbonyl (C=O) groups is 2. The second kappa shape index (κ2) is 6.57. The fourth-order valence-corrected chi connectivity index (χ4v) is 2.56. The van der Waals surface area contributed by atoms with Crippen molar-refractivity contribution in [2.24, 2.45) is 0 Å². The molecule has 1 atom stereocenters. The van der Waals surface area contributed by atoms with Crippen LogP contribution in [0.3, 0.4) is 0 Å². The maximum Gasteiger partial charge on any atom is 0.337 e. The van der Waals surface area contributed by atoms with Gasteiger partial charge in [-0.15, -0.1) is 0 Å². The minimum atomic E-state index is -0.420. The first kappa shape index (κ1) is 16.0. The monoisotopic (exact) mass is 319 g/mol. The van der Waals surface area contributed by atoms with Gasteiger partial charge < -0.3 is 20.7 Å². The van der Waals surface area contributed by atoms with Crippen LogP contribution in [0.2, 0.25) is 0 Å². The molecule has 0 aromatic heterocycles. The average molecular weight is 319 g/mol. The quantitative estimate of drug-likeness (QED) is 0.580. The van der Waals surface area contributed by atoms with Crippen molar-refractivity contribution in [1.29, 1.82) is 0 Å².